The van der Waals surface area contributed by atoms with Gasteiger partial charge in [-0.2, -0.15) is 26.3 Å². The van der Waals surface area contributed by atoms with Crippen LogP contribution in [0.4, 0.5) is 36.8 Å². The molecule has 3 N–H and O–H groups in total. The predicted molar refractivity (Wildman–Crippen MR) is 49.7 cm³/mol. The molecule has 100 valence electrons. The Kier molecular flexibility index (Phi) is 3.45. The van der Waals surface area contributed by atoms with Crippen molar-refractivity contribution in [3.05, 3.63) is 29.3 Å². The maximum absolute atomic E-state index is 12.5. The quantitative estimate of drug-likeness (QED) is 0.758. The Morgan fingerprint density at radius 2 is 1.39 bits per heavy atom. The van der Waals surface area contributed by atoms with E-state index in [4.69, 9.17) is 0 Å². The highest BCUT2D eigenvalue weighted by atomic mass is 19.4. The number of halogens is 6. The zero-order chi connectivity index (χ0) is 14.1. The molecule has 0 radical (unpaired) electrons. The van der Waals surface area contributed by atoms with Crippen LogP contribution in [0.15, 0.2) is 18.2 Å². The Morgan fingerprint density at radius 1 is 1.00 bits per heavy atom. The summed E-state index contributed by atoms with van der Waals surface area (Å²) in [5.74, 6) is 0. The molecule has 0 saturated carbocycles. The van der Waals surface area contributed by atoms with Crippen LogP contribution in [-0.4, -0.2) is 6.03 Å². The maximum Gasteiger partial charge on any atom is 0.418 e. The van der Waals surface area contributed by atoms with E-state index in [0.29, 0.717) is 18.2 Å². The molecule has 0 aliphatic heterocycles. The molecule has 0 atom stereocenters. The number of benzene rings is 1. The first-order valence-corrected chi connectivity index (χ1v) is 4.37. The summed E-state index contributed by atoms with van der Waals surface area (Å²) in [6.07, 6.45) is -10.1. The number of anilines is 1. The molecule has 0 bridgehead atoms. The van der Waals surface area contributed by atoms with Gasteiger partial charge in [-0.25, -0.2) is 4.79 Å². The van der Waals surface area contributed by atoms with Crippen molar-refractivity contribution in [1.29, 1.82) is 0 Å². The number of carbonyl (C=O) groups excluding carboxylic acids is 1. The van der Waals surface area contributed by atoms with E-state index in [1.807, 2.05) is 0 Å². The van der Waals surface area contributed by atoms with E-state index in [1.54, 1.807) is 0 Å². The molecule has 3 nitrogen and oxygen atoms in total. The smallest absolute Gasteiger partial charge is 0.351 e. The molecule has 1 rings (SSSR count). The zero-order valence-corrected chi connectivity index (χ0v) is 8.49. The number of hydrogen-bond acceptors (Lipinski definition) is 1. The van der Waals surface area contributed by atoms with Crippen LogP contribution in [0.5, 0.6) is 0 Å². The van der Waals surface area contributed by atoms with E-state index in [-0.39, 0.29) is 0 Å². The molecule has 9 heteroatoms. The first-order chi connectivity index (χ1) is 8.03. The number of nitrogens with two attached hydrogens (primary N) is 1. The van der Waals surface area contributed by atoms with Gasteiger partial charge in [0.25, 0.3) is 0 Å². The zero-order valence-electron chi connectivity index (χ0n) is 8.49. The van der Waals surface area contributed by atoms with Gasteiger partial charge in [0, 0.05) is 0 Å². The summed E-state index contributed by atoms with van der Waals surface area (Å²) in [7, 11) is 0. The minimum absolute atomic E-state index is 0.417. The predicted octanol–water partition coefficient (Wildman–Crippen LogP) is 3.21. The molecular formula is C9H6F6N2O. The molecule has 18 heavy (non-hydrogen) atoms. The molecule has 0 spiro atoms. The van der Waals surface area contributed by atoms with Crippen molar-refractivity contribution in [3.8, 4) is 0 Å². The number of para-hydroxylation sites is 1. The van der Waals surface area contributed by atoms with Crippen LogP contribution >= 0.6 is 0 Å². The summed E-state index contributed by atoms with van der Waals surface area (Å²) >= 11 is 0. The summed E-state index contributed by atoms with van der Waals surface area (Å²) in [6.45, 7) is 0. The van der Waals surface area contributed by atoms with E-state index in [0.717, 1.165) is 0 Å². The van der Waals surface area contributed by atoms with Crippen molar-refractivity contribution in [3.63, 3.8) is 0 Å². The van der Waals surface area contributed by atoms with Gasteiger partial charge in [0.05, 0.1) is 16.8 Å². The third kappa shape index (κ3) is 3.05. The minimum atomic E-state index is -5.04. The minimum Gasteiger partial charge on any atom is -0.351 e. The van der Waals surface area contributed by atoms with E-state index in [9.17, 15) is 31.1 Å². The Morgan fingerprint density at radius 3 is 1.67 bits per heavy atom. The highest BCUT2D eigenvalue weighted by Gasteiger charge is 2.41. The second-order valence-corrected chi connectivity index (χ2v) is 3.21. The van der Waals surface area contributed by atoms with Crippen LogP contribution in [0.2, 0.25) is 0 Å². The largest absolute Gasteiger partial charge is 0.418 e. The van der Waals surface area contributed by atoms with Crippen LogP contribution in [-0.2, 0) is 12.4 Å². The number of alkyl halides is 6. The molecule has 0 aliphatic rings. The lowest BCUT2D eigenvalue weighted by Gasteiger charge is -2.18. The fraction of sp³-hybridized carbons (Fsp3) is 0.222. The second kappa shape index (κ2) is 4.39. The molecule has 0 saturated heterocycles. The van der Waals surface area contributed by atoms with Crippen molar-refractivity contribution in [2.45, 2.75) is 12.4 Å². The molecule has 0 aromatic heterocycles. The third-order valence-corrected chi connectivity index (χ3v) is 1.92. The van der Waals surface area contributed by atoms with Gasteiger partial charge < -0.3 is 11.1 Å². The van der Waals surface area contributed by atoms with Gasteiger partial charge in [0.15, 0.2) is 0 Å². The fourth-order valence-corrected chi connectivity index (χ4v) is 1.28. The lowest BCUT2D eigenvalue weighted by molar-refractivity contribution is -0.141. The van der Waals surface area contributed by atoms with Crippen LogP contribution < -0.4 is 11.1 Å². The SMILES string of the molecule is NC(=O)Nc1c(C(F)(F)F)cccc1C(F)(F)F. The number of hydrogen-bond donors (Lipinski definition) is 2. The molecule has 0 aliphatic carbocycles. The molecule has 1 aromatic rings. The highest BCUT2D eigenvalue weighted by Crippen LogP contribution is 2.42. The Hall–Kier alpha value is -1.93. The maximum atomic E-state index is 12.5. The monoisotopic (exact) mass is 272 g/mol. The fourth-order valence-electron chi connectivity index (χ4n) is 1.28. The van der Waals surface area contributed by atoms with E-state index < -0.39 is 35.2 Å². The van der Waals surface area contributed by atoms with Gasteiger partial charge in [0.1, 0.15) is 0 Å². The van der Waals surface area contributed by atoms with Crippen LogP contribution in [0.3, 0.4) is 0 Å². The molecular weight excluding hydrogens is 266 g/mol. The van der Waals surface area contributed by atoms with E-state index in [2.05, 4.69) is 5.73 Å². The first-order valence-electron chi connectivity index (χ1n) is 4.37. The van der Waals surface area contributed by atoms with Crippen molar-refractivity contribution >= 4 is 11.7 Å². The summed E-state index contributed by atoms with van der Waals surface area (Å²) in [5, 5.41) is 1.35. The van der Waals surface area contributed by atoms with Gasteiger partial charge in [-0.05, 0) is 12.1 Å². The topological polar surface area (TPSA) is 55.1 Å². The van der Waals surface area contributed by atoms with Crippen molar-refractivity contribution in [2.24, 2.45) is 5.73 Å². The Balaban J connectivity index is 3.50. The average molecular weight is 272 g/mol. The normalized spacial score (nSPS) is 12.3. The van der Waals surface area contributed by atoms with Crippen LogP contribution in [0.1, 0.15) is 11.1 Å². The first kappa shape index (κ1) is 14.1. The lowest BCUT2D eigenvalue weighted by Crippen LogP contribution is -2.25. The van der Waals surface area contributed by atoms with Gasteiger partial charge in [-0.3, -0.25) is 0 Å². The number of rotatable bonds is 1. The van der Waals surface area contributed by atoms with Crippen LogP contribution in [0, 0.1) is 0 Å². The van der Waals surface area contributed by atoms with Gasteiger partial charge in [-0.1, -0.05) is 6.07 Å². The number of carbonyl (C=O) groups is 1. The Bertz CT molecular complexity index is 433. The van der Waals surface area contributed by atoms with Crippen molar-refractivity contribution in [1.82, 2.24) is 0 Å². The molecule has 0 fully saturated rings. The van der Waals surface area contributed by atoms with Gasteiger partial charge in [-0.15, -0.1) is 0 Å². The molecule has 1 aromatic carbocycles. The molecule has 2 amide bonds. The molecule has 0 heterocycles. The standard InChI is InChI=1S/C9H6F6N2O/c10-8(11,12)4-2-1-3-5(9(13,14)15)6(4)17-7(16)18/h1-3H,(H3,16,17,18). The number of primary amides is 1. The Labute approximate surface area is 96.6 Å². The van der Waals surface area contributed by atoms with Crippen molar-refractivity contribution in [2.75, 3.05) is 5.32 Å². The summed E-state index contributed by atoms with van der Waals surface area (Å²) in [4.78, 5) is 10.5. The van der Waals surface area contributed by atoms with E-state index >= 15 is 0 Å². The van der Waals surface area contributed by atoms with Crippen molar-refractivity contribution < 1.29 is 31.1 Å². The number of urea groups is 1. The summed E-state index contributed by atoms with van der Waals surface area (Å²) < 4.78 is 75.0. The lowest BCUT2D eigenvalue weighted by atomic mass is 10.1. The highest BCUT2D eigenvalue weighted by molar-refractivity contribution is 5.90. The van der Waals surface area contributed by atoms with Gasteiger partial charge in [0.2, 0.25) is 0 Å². The summed E-state index contributed by atoms with van der Waals surface area (Å²) in [5.41, 5.74) is -0.0635. The second-order valence-electron chi connectivity index (χ2n) is 3.21. The summed E-state index contributed by atoms with van der Waals surface area (Å²) in [6, 6.07) is -0.0871. The average Bonchev–Trinajstić information content (AvgIpc) is 2.13. The number of amides is 2. The van der Waals surface area contributed by atoms with Crippen LogP contribution in [0.25, 0.3) is 0 Å². The third-order valence-electron chi connectivity index (χ3n) is 1.92. The number of nitrogens with one attached hydrogen (secondary N) is 1. The van der Waals surface area contributed by atoms with E-state index in [1.165, 1.54) is 5.32 Å². The molecule has 0 unspecified atom stereocenters. The van der Waals surface area contributed by atoms with Gasteiger partial charge >= 0.3 is 18.4 Å².